The Kier molecular flexibility index (Phi) is 2.60. The van der Waals surface area contributed by atoms with E-state index in [2.05, 4.69) is 0 Å². The molecule has 0 saturated carbocycles. The van der Waals surface area contributed by atoms with Crippen molar-refractivity contribution >= 4 is 5.71 Å². The van der Waals surface area contributed by atoms with Gasteiger partial charge in [-0.25, -0.2) is 4.58 Å². The maximum absolute atomic E-state index is 5.29. The van der Waals surface area contributed by atoms with Crippen molar-refractivity contribution in [1.29, 1.82) is 0 Å². The first-order chi connectivity index (χ1) is 3.18. The van der Waals surface area contributed by atoms with Gasteiger partial charge in [-0.2, -0.15) is 0 Å². The van der Waals surface area contributed by atoms with Crippen molar-refractivity contribution < 1.29 is 4.58 Å². The average Bonchev–Trinajstić information content (AvgIpc) is 1.65. The molecular formula is C5H13N2+. The Morgan fingerprint density at radius 2 is 2.00 bits per heavy atom. The van der Waals surface area contributed by atoms with Gasteiger partial charge in [0, 0.05) is 6.92 Å². The molecular weight excluding hydrogens is 88.1 g/mol. The molecule has 0 fully saturated rings. The lowest BCUT2D eigenvalue weighted by Gasteiger charge is -1.88. The Hall–Kier alpha value is -0.370. The maximum atomic E-state index is 5.29. The molecule has 0 saturated heterocycles. The van der Waals surface area contributed by atoms with Crippen LogP contribution in [0.25, 0.3) is 0 Å². The van der Waals surface area contributed by atoms with Crippen LogP contribution in [0.3, 0.4) is 0 Å². The minimum atomic E-state index is 0.660. The first kappa shape index (κ1) is 6.63. The van der Waals surface area contributed by atoms with E-state index in [1.54, 1.807) is 0 Å². The molecule has 42 valence electrons. The molecule has 0 unspecified atom stereocenters. The highest BCUT2D eigenvalue weighted by molar-refractivity contribution is 5.78. The summed E-state index contributed by atoms with van der Waals surface area (Å²) in [4.78, 5) is 0. The third kappa shape index (κ3) is 2.34. The standard InChI is InChI=1S/C5H13N2/c1-5(4-6)7(2)3/h4,6H2,1-3H3/q+1. The summed E-state index contributed by atoms with van der Waals surface area (Å²) < 4.78 is 2.01. The highest BCUT2D eigenvalue weighted by Gasteiger charge is 1.91. The van der Waals surface area contributed by atoms with Crippen molar-refractivity contribution in [2.75, 3.05) is 20.6 Å². The molecule has 0 bridgehead atoms. The van der Waals surface area contributed by atoms with E-state index in [4.69, 9.17) is 5.73 Å². The molecule has 0 amide bonds. The van der Waals surface area contributed by atoms with Gasteiger partial charge < -0.3 is 5.73 Å². The quantitative estimate of drug-likeness (QED) is 0.356. The Morgan fingerprint density at radius 1 is 1.57 bits per heavy atom. The lowest BCUT2D eigenvalue weighted by Crippen LogP contribution is -2.19. The monoisotopic (exact) mass is 101 g/mol. The molecule has 2 nitrogen and oxygen atoms in total. The van der Waals surface area contributed by atoms with E-state index in [0.29, 0.717) is 6.54 Å². The van der Waals surface area contributed by atoms with Crippen molar-refractivity contribution in [1.82, 2.24) is 0 Å². The van der Waals surface area contributed by atoms with Gasteiger partial charge in [-0.15, -0.1) is 0 Å². The van der Waals surface area contributed by atoms with Crippen LogP contribution in [0.2, 0.25) is 0 Å². The second-order valence-electron chi connectivity index (χ2n) is 1.83. The lowest BCUT2D eigenvalue weighted by molar-refractivity contribution is -0.465. The molecule has 0 radical (unpaired) electrons. The van der Waals surface area contributed by atoms with Crippen LogP contribution in [0.4, 0.5) is 0 Å². The van der Waals surface area contributed by atoms with Gasteiger partial charge in [0.05, 0.1) is 6.54 Å². The van der Waals surface area contributed by atoms with E-state index < -0.39 is 0 Å². The van der Waals surface area contributed by atoms with Gasteiger partial charge in [0.25, 0.3) is 0 Å². The number of hydrogen-bond donors (Lipinski definition) is 1. The van der Waals surface area contributed by atoms with Gasteiger partial charge in [-0.05, 0) is 0 Å². The predicted molar refractivity (Wildman–Crippen MR) is 31.8 cm³/mol. The topological polar surface area (TPSA) is 29.0 Å². The zero-order valence-corrected chi connectivity index (χ0v) is 5.23. The molecule has 0 aromatic heterocycles. The molecule has 7 heavy (non-hydrogen) atoms. The van der Waals surface area contributed by atoms with Crippen LogP contribution < -0.4 is 5.73 Å². The number of nitrogens with two attached hydrogens (primary N) is 1. The summed E-state index contributed by atoms with van der Waals surface area (Å²) in [5.74, 6) is 0. The van der Waals surface area contributed by atoms with Crippen LogP contribution in [0.1, 0.15) is 6.92 Å². The van der Waals surface area contributed by atoms with Gasteiger partial charge in [-0.1, -0.05) is 0 Å². The first-order valence-corrected chi connectivity index (χ1v) is 2.38. The first-order valence-electron chi connectivity index (χ1n) is 2.38. The minimum Gasteiger partial charge on any atom is -0.322 e. The second kappa shape index (κ2) is 2.75. The van der Waals surface area contributed by atoms with Crippen LogP contribution in [0, 0.1) is 0 Å². The number of nitrogens with zero attached hydrogens (tertiary/aromatic N) is 1. The third-order valence-electron chi connectivity index (χ3n) is 1.06. The van der Waals surface area contributed by atoms with Crippen molar-refractivity contribution in [3.63, 3.8) is 0 Å². The second-order valence-corrected chi connectivity index (χ2v) is 1.83. The molecule has 0 spiro atoms. The molecule has 0 aliphatic carbocycles. The fourth-order valence-corrected chi connectivity index (χ4v) is 0.183. The van der Waals surface area contributed by atoms with E-state index in [0.717, 1.165) is 0 Å². The summed E-state index contributed by atoms with van der Waals surface area (Å²) in [6.45, 7) is 2.67. The molecule has 0 aromatic rings. The van der Waals surface area contributed by atoms with Gasteiger partial charge in [0.15, 0.2) is 5.71 Å². The highest BCUT2D eigenvalue weighted by Crippen LogP contribution is 1.64. The van der Waals surface area contributed by atoms with Crippen molar-refractivity contribution in [2.24, 2.45) is 5.73 Å². The van der Waals surface area contributed by atoms with Crippen LogP contribution in [-0.4, -0.2) is 30.9 Å². The largest absolute Gasteiger partial charge is 0.322 e. The van der Waals surface area contributed by atoms with Crippen LogP contribution >= 0.6 is 0 Å². The van der Waals surface area contributed by atoms with E-state index in [9.17, 15) is 0 Å². The van der Waals surface area contributed by atoms with E-state index >= 15 is 0 Å². The fraction of sp³-hybridized carbons (Fsp3) is 0.800. The molecule has 0 aromatic carbocycles. The molecule has 2 heteroatoms. The minimum absolute atomic E-state index is 0.660. The fourth-order valence-electron chi connectivity index (χ4n) is 0.183. The Balaban J connectivity index is 3.72. The normalized spacial score (nSPS) is 8.57. The van der Waals surface area contributed by atoms with Crippen molar-refractivity contribution in [3.8, 4) is 0 Å². The molecule has 0 aliphatic heterocycles. The Morgan fingerprint density at radius 3 is 2.00 bits per heavy atom. The number of hydrogen-bond acceptors (Lipinski definition) is 1. The summed E-state index contributed by atoms with van der Waals surface area (Å²) in [6.07, 6.45) is 0. The van der Waals surface area contributed by atoms with E-state index in [1.807, 2.05) is 25.6 Å². The molecule has 2 N–H and O–H groups in total. The van der Waals surface area contributed by atoms with Gasteiger partial charge in [0.2, 0.25) is 0 Å². The molecule has 0 atom stereocenters. The smallest absolute Gasteiger partial charge is 0.162 e. The van der Waals surface area contributed by atoms with Crippen LogP contribution in [0.15, 0.2) is 0 Å². The lowest BCUT2D eigenvalue weighted by atomic mass is 10.4. The van der Waals surface area contributed by atoms with Crippen molar-refractivity contribution in [2.45, 2.75) is 6.92 Å². The summed E-state index contributed by atoms with van der Waals surface area (Å²) in [5, 5.41) is 0. The highest BCUT2D eigenvalue weighted by atomic mass is 14.9. The Bertz CT molecular complexity index is 80.1. The summed E-state index contributed by atoms with van der Waals surface area (Å²) in [7, 11) is 3.98. The van der Waals surface area contributed by atoms with Gasteiger partial charge in [-0.3, -0.25) is 0 Å². The molecule has 0 aliphatic rings. The number of rotatable bonds is 1. The van der Waals surface area contributed by atoms with Gasteiger partial charge in [0.1, 0.15) is 14.1 Å². The third-order valence-corrected chi connectivity index (χ3v) is 1.06. The molecule has 0 heterocycles. The average molecular weight is 101 g/mol. The molecule has 0 rings (SSSR count). The maximum Gasteiger partial charge on any atom is 0.162 e. The van der Waals surface area contributed by atoms with Gasteiger partial charge >= 0.3 is 0 Å². The Labute approximate surface area is 44.6 Å². The summed E-state index contributed by atoms with van der Waals surface area (Å²) in [5.41, 5.74) is 6.50. The zero-order valence-electron chi connectivity index (χ0n) is 5.23. The van der Waals surface area contributed by atoms with Crippen molar-refractivity contribution in [3.05, 3.63) is 0 Å². The predicted octanol–water partition coefficient (Wildman–Crippen LogP) is -0.322. The van der Waals surface area contributed by atoms with E-state index in [-0.39, 0.29) is 0 Å². The zero-order chi connectivity index (χ0) is 5.86. The van der Waals surface area contributed by atoms with Crippen LogP contribution in [-0.2, 0) is 0 Å². The summed E-state index contributed by atoms with van der Waals surface area (Å²) >= 11 is 0. The van der Waals surface area contributed by atoms with Crippen LogP contribution in [0.5, 0.6) is 0 Å². The summed E-state index contributed by atoms with van der Waals surface area (Å²) in [6, 6.07) is 0. The SMILES string of the molecule is CC(CN)=[N+](C)C. The van der Waals surface area contributed by atoms with E-state index in [1.165, 1.54) is 5.71 Å².